The Morgan fingerprint density at radius 3 is 2.29 bits per heavy atom. The summed E-state index contributed by atoms with van der Waals surface area (Å²) in [5, 5.41) is 10.5. The summed E-state index contributed by atoms with van der Waals surface area (Å²) in [5.74, 6) is -1.06. The standard InChI is InChI=1S/C29H41N5O4/c1-4-21(5-2)29(38)34-16-8-11-25(34)28(37)33-24(27(36)32-15-14-31-26(35)19(3)30)18-20-12-13-22-9-6-7-10-23(22)17-20/h6-7,9-10,12-13,17,19,21,24-25H,4-5,8,11,14-16,18,30H2,1-3H3,(H,31,35)(H,32,36)(H,33,37)/t19-,24-,25?/m1/s1. The second kappa shape index (κ2) is 13.9. The molecule has 1 saturated heterocycles. The van der Waals surface area contributed by atoms with Gasteiger partial charge in [0.25, 0.3) is 0 Å². The van der Waals surface area contributed by atoms with Gasteiger partial charge in [0.15, 0.2) is 0 Å². The molecule has 2 aromatic carbocycles. The number of hydrogen-bond acceptors (Lipinski definition) is 5. The van der Waals surface area contributed by atoms with Crippen molar-refractivity contribution >= 4 is 34.4 Å². The largest absolute Gasteiger partial charge is 0.353 e. The fourth-order valence-electron chi connectivity index (χ4n) is 4.91. The number of fused-ring (bicyclic) bond motifs is 1. The third kappa shape index (κ3) is 7.54. The number of nitrogens with zero attached hydrogens (tertiary/aromatic N) is 1. The molecule has 1 aliphatic heterocycles. The Hall–Kier alpha value is -3.46. The predicted molar refractivity (Wildman–Crippen MR) is 148 cm³/mol. The Morgan fingerprint density at radius 1 is 0.974 bits per heavy atom. The Labute approximate surface area is 224 Å². The average Bonchev–Trinajstić information content (AvgIpc) is 3.41. The van der Waals surface area contributed by atoms with Gasteiger partial charge in [0.2, 0.25) is 23.6 Å². The van der Waals surface area contributed by atoms with Crippen LogP contribution in [-0.4, -0.2) is 66.3 Å². The fraction of sp³-hybridized carbons (Fsp3) is 0.517. The van der Waals surface area contributed by atoms with Crippen molar-refractivity contribution in [1.29, 1.82) is 0 Å². The molecule has 0 aliphatic carbocycles. The average molecular weight is 524 g/mol. The highest BCUT2D eigenvalue weighted by molar-refractivity contribution is 5.93. The van der Waals surface area contributed by atoms with Crippen LogP contribution in [-0.2, 0) is 25.6 Å². The first-order valence-electron chi connectivity index (χ1n) is 13.6. The molecule has 1 heterocycles. The number of rotatable bonds is 12. The van der Waals surface area contributed by atoms with Gasteiger partial charge in [-0.2, -0.15) is 0 Å². The number of benzene rings is 2. The lowest BCUT2D eigenvalue weighted by atomic mass is 10.00. The van der Waals surface area contributed by atoms with Gasteiger partial charge in [-0.1, -0.05) is 56.3 Å². The van der Waals surface area contributed by atoms with E-state index in [9.17, 15) is 19.2 Å². The van der Waals surface area contributed by atoms with Gasteiger partial charge >= 0.3 is 0 Å². The highest BCUT2D eigenvalue weighted by atomic mass is 16.2. The molecular formula is C29H41N5O4. The Bertz CT molecular complexity index is 1130. The Kier molecular flexibility index (Phi) is 10.6. The molecule has 206 valence electrons. The van der Waals surface area contributed by atoms with Gasteiger partial charge in [0.1, 0.15) is 12.1 Å². The maximum absolute atomic E-state index is 13.4. The van der Waals surface area contributed by atoms with E-state index in [-0.39, 0.29) is 42.6 Å². The molecule has 9 nitrogen and oxygen atoms in total. The van der Waals surface area contributed by atoms with Gasteiger partial charge in [-0.15, -0.1) is 0 Å². The van der Waals surface area contributed by atoms with Crippen LogP contribution in [0.25, 0.3) is 10.8 Å². The first-order chi connectivity index (χ1) is 18.2. The number of nitrogens with two attached hydrogens (primary N) is 1. The number of amides is 4. The zero-order chi connectivity index (χ0) is 27.7. The fourth-order valence-corrected chi connectivity index (χ4v) is 4.91. The topological polar surface area (TPSA) is 134 Å². The number of hydrogen-bond donors (Lipinski definition) is 4. The molecule has 0 spiro atoms. The molecule has 1 unspecified atom stereocenters. The van der Waals surface area contributed by atoms with E-state index in [0.29, 0.717) is 19.4 Å². The molecule has 0 bridgehead atoms. The summed E-state index contributed by atoms with van der Waals surface area (Å²) in [4.78, 5) is 53.1. The number of carbonyl (C=O) groups excluding carboxylic acids is 4. The van der Waals surface area contributed by atoms with E-state index in [4.69, 9.17) is 5.73 Å². The highest BCUT2D eigenvalue weighted by Crippen LogP contribution is 2.23. The molecule has 0 radical (unpaired) electrons. The second-order valence-electron chi connectivity index (χ2n) is 10.0. The molecular weight excluding hydrogens is 482 g/mol. The van der Waals surface area contributed by atoms with Gasteiger partial charge in [-0.3, -0.25) is 19.2 Å². The molecule has 4 amide bonds. The number of carbonyl (C=O) groups is 4. The summed E-state index contributed by atoms with van der Waals surface area (Å²) < 4.78 is 0. The Balaban J connectivity index is 1.73. The summed E-state index contributed by atoms with van der Waals surface area (Å²) in [6, 6.07) is 11.9. The van der Waals surface area contributed by atoms with Gasteiger partial charge in [0, 0.05) is 32.0 Å². The van der Waals surface area contributed by atoms with E-state index in [2.05, 4.69) is 16.0 Å². The number of likely N-dealkylation sites (tertiary alicyclic amines) is 1. The lowest BCUT2D eigenvalue weighted by molar-refractivity contribution is -0.142. The van der Waals surface area contributed by atoms with Crippen LogP contribution < -0.4 is 21.7 Å². The molecule has 0 saturated carbocycles. The van der Waals surface area contributed by atoms with E-state index >= 15 is 0 Å². The van der Waals surface area contributed by atoms with Crippen molar-refractivity contribution in [3.05, 3.63) is 48.0 Å². The van der Waals surface area contributed by atoms with Crippen molar-refractivity contribution in [2.75, 3.05) is 19.6 Å². The smallest absolute Gasteiger partial charge is 0.243 e. The summed E-state index contributed by atoms with van der Waals surface area (Å²) >= 11 is 0. The maximum Gasteiger partial charge on any atom is 0.243 e. The predicted octanol–water partition coefficient (Wildman–Crippen LogP) is 1.87. The zero-order valence-corrected chi connectivity index (χ0v) is 22.7. The van der Waals surface area contributed by atoms with Crippen LogP contribution in [0.3, 0.4) is 0 Å². The Morgan fingerprint density at radius 2 is 1.63 bits per heavy atom. The molecule has 1 fully saturated rings. The van der Waals surface area contributed by atoms with Crippen LogP contribution in [0, 0.1) is 5.92 Å². The van der Waals surface area contributed by atoms with E-state index in [1.54, 1.807) is 11.8 Å². The van der Waals surface area contributed by atoms with Crippen LogP contribution in [0.2, 0.25) is 0 Å². The minimum absolute atomic E-state index is 0.00746. The minimum atomic E-state index is -0.835. The van der Waals surface area contributed by atoms with Crippen molar-refractivity contribution in [3.8, 4) is 0 Å². The van der Waals surface area contributed by atoms with Crippen molar-refractivity contribution < 1.29 is 19.2 Å². The summed E-state index contributed by atoms with van der Waals surface area (Å²) in [7, 11) is 0. The third-order valence-electron chi connectivity index (χ3n) is 7.20. The molecule has 3 rings (SSSR count). The third-order valence-corrected chi connectivity index (χ3v) is 7.20. The molecule has 9 heteroatoms. The molecule has 2 aromatic rings. The quantitative estimate of drug-likeness (QED) is 0.315. The lowest BCUT2D eigenvalue weighted by Gasteiger charge is -2.29. The number of nitrogens with one attached hydrogen (secondary N) is 3. The maximum atomic E-state index is 13.4. The summed E-state index contributed by atoms with van der Waals surface area (Å²) in [6.45, 7) is 6.53. The van der Waals surface area contributed by atoms with Crippen LogP contribution in [0.15, 0.2) is 42.5 Å². The summed E-state index contributed by atoms with van der Waals surface area (Å²) in [6.07, 6.45) is 3.08. The van der Waals surface area contributed by atoms with Gasteiger partial charge in [0.05, 0.1) is 6.04 Å². The van der Waals surface area contributed by atoms with Crippen molar-refractivity contribution in [2.24, 2.45) is 11.7 Å². The van der Waals surface area contributed by atoms with Crippen molar-refractivity contribution in [2.45, 2.75) is 71.0 Å². The highest BCUT2D eigenvalue weighted by Gasteiger charge is 2.37. The first kappa shape index (κ1) is 29.1. The molecule has 0 aromatic heterocycles. The zero-order valence-electron chi connectivity index (χ0n) is 22.7. The lowest BCUT2D eigenvalue weighted by Crippen LogP contribution is -2.55. The van der Waals surface area contributed by atoms with E-state index in [1.807, 2.05) is 56.3 Å². The van der Waals surface area contributed by atoms with Gasteiger partial charge < -0.3 is 26.6 Å². The molecule has 1 aliphatic rings. The molecule has 5 N–H and O–H groups in total. The van der Waals surface area contributed by atoms with Crippen molar-refractivity contribution in [1.82, 2.24) is 20.9 Å². The van der Waals surface area contributed by atoms with Crippen molar-refractivity contribution in [3.63, 3.8) is 0 Å². The summed E-state index contributed by atoms with van der Waals surface area (Å²) in [5.41, 5.74) is 6.47. The van der Waals surface area contributed by atoms with Crippen LogP contribution in [0.5, 0.6) is 0 Å². The van der Waals surface area contributed by atoms with Gasteiger partial charge in [-0.25, -0.2) is 0 Å². The molecule has 3 atom stereocenters. The minimum Gasteiger partial charge on any atom is -0.353 e. The monoisotopic (exact) mass is 523 g/mol. The SMILES string of the molecule is CCC(CC)C(=O)N1CCCC1C(=O)N[C@H](Cc1ccc2ccccc2c1)C(=O)NCCNC(=O)[C@@H](C)N. The second-order valence-corrected chi connectivity index (χ2v) is 10.0. The first-order valence-corrected chi connectivity index (χ1v) is 13.6. The van der Waals surface area contributed by atoms with Crippen LogP contribution in [0.4, 0.5) is 0 Å². The normalized spacial score (nSPS) is 16.8. The van der Waals surface area contributed by atoms with Crippen LogP contribution in [0.1, 0.15) is 52.0 Å². The van der Waals surface area contributed by atoms with E-state index in [0.717, 1.165) is 35.6 Å². The molecule has 38 heavy (non-hydrogen) atoms. The van der Waals surface area contributed by atoms with Crippen LogP contribution >= 0.6 is 0 Å². The van der Waals surface area contributed by atoms with E-state index < -0.39 is 18.1 Å². The van der Waals surface area contributed by atoms with Gasteiger partial charge in [-0.05, 0) is 48.9 Å². The van der Waals surface area contributed by atoms with E-state index in [1.165, 1.54) is 0 Å².